The zero-order valence-corrected chi connectivity index (χ0v) is 5.76. The second-order valence-electron chi connectivity index (χ2n) is 1.56. The van der Waals surface area contributed by atoms with Crippen LogP contribution in [0.25, 0.3) is 0 Å². The Morgan fingerprint density at radius 3 is 2.00 bits per heavy atom. The number of ketones is 1. The molecule has 0 amide bonds. The topological polar surface area (TPSA) is 54.4 Å². The molecule has 0 atom stereocenters. The van der Waals surface area contributed by atoms with Crippen molar-refractivity contribution in [2.24, 2.45) is 0 Å². The Balaban J connectivity index is 0. The van der Waals surface area contributed by atoms with Gasteiger partial charge in [0.05, 0.1) is 0 Å². The fourth-order valence-electron chi connectivity index (χ4n) is 0.352. The Morgan fingerprint density at radius 1 is 1.67 bits per heavy atom. The molecule has 54 valence electrons. The zero-order valence-electron chi connectivity index (χ0n) is 5.76. The molecule has 0 aromatic rings. The van der Waals surface area contributed by atoms with Crippen molar-refractivity contribution in [3.05, 3.63) is 0 Å². The second-order valence-corrected chi connectivity index (χ2v) is 1.56. The molecule has 0 spiro atoms. The summed E-state index contributed by atoms with van der Waals surface area (Å²) in [5.41, 5.74) is 0. The molecule has 0 unspecified atom stereocenters. The minimum atomic E-state index is -0.250. The van der Waals surface area contributed by atoms with Gasteiger partial charge in [-0.05, 0) is 13.3 Å². The summed E-state index contributed by atoms with van der Waals surface area (Å²) in [7, 11) is 0. The summed E-state index contributed by atoms with van der Waals surface area (Å²) in [4.78, 5) is 18.4. The van der Waals surface area contributed by atoms with E-state index < -0.39 is 0 Å². The van der Waals surface area contributed by atoms with E-state index >= 15 is 0 Å². The van der Waals surface area contributed by atoms with E-state index in [2.05, 4.69) is 0 Å². The molecule has 9 heavy (non-hydrogen) atoms. The third-order valence-corrected chi connectivity index (χ3v) is 0.602. The van der Waals surface area contributed by atoms with Crippen LogP contribution in [0.5, 0.6) is 0 Å². The number of rotatable bonds is 2. The van der Waals surface area contributed by atoms with Gasteiger partial charge in [-0.1, -0.05) is 6.92 Å². The monoisotopic (exact) mass is 132 g/mol. The van der Waals surface area contributed by atoms with Gasteiger partial charge in [0.25, 0.3) is 6.47 Å². The van der Waals surface area contributed by atoms with Gasteiger partial charge in [-0.2, -0.15) is 0 Å². The van der Waals surface area contributed by atoms with Crippen LogP contribution in [-0.2, 0) is 9.59 Å². The molecule has 0 saturated heterocycles. The van der Waals surface area contributed by atoms with E-state index in [4.69, 9.17) is 9.90 Å². The van der Waals surface area contributed by atoms with Crippen molar-refractivity contribution in [1.29, 1.82) is 0 Å². The number of carboxylic acid groups (broad SMARTS) is 1. The Bertz CT molecular complexity index is 78.4. The van der Waals surface area contributed by atoms with Crippen LogP contribution in [0, 0.1) is 0 Å². The smallest absolute Gasteiger partial charge is 0.290 e. The van der Waals surface area contributed by atoms with Gasteiger partial charge in [0.15, 0.2) is 0 Å². The van der Waals surface area contributed by atoms with E-state index in [1.54, 1.807) is 6.92 Å². The van der Waals surface area contributed by atoms with Crippen LogP contribution in [0.2, 0.25) is 0 Å². The van der Waals surface area contributed by atoms with E-state index in [0.29, 0.717) is 0 Å². The minimum absolute atomic E-state index is 0.250. The Labute approximate surface area is 54.7 Å². The Morgan fingerprint density at radius 2 is 2.00 bits per heavy atom. The zero-order chi connectivity index (χ0) is 7.70. The van der Waals surface area contributed by atoms with Crippen LogP contribution in [0.4, 0.5) is 0 Å². The maximum atomic E-state index is 10.0. The van der Waals surface area contributed by atoms with Gasteiger partial charge >= 0.3 is 0 Å². The molecule has 0 aromatic carbocycles. The van der Waals surface area contributed by atoms with Gasteiger partial charge in [-0.25, -0.2) is 0 Å². The van der Waals surface area contributed by atoms with E-state index in [1.807, 2.05) is 6.92 Å². The lowest BCUT2D eigenvalue weighted by Gasteiger charge is -1.80. The molecule has 0 saturated carbocycles. The van der Waals surface area contributed by atoms with Gasteiger partial charge in [-0.15, -0.1) is 0 Å². The summed E-state index contributed by atoms with van der Waals surface area (Å²) in [5, 5.41) is 6.89. The maximum Gasteiger partial charge on any atom is 0.290 e. The number of carbonyl (C=O) groups excluding carboxylic acids is 1. The molecule has 0 heterocycles. The van der Waals surface area contributed by atoms with E-state index in [1.165, 1.54) is 0 Å². The van der Waals surface area contributed by atoms with Crippen LogP contribution >= 0.6 is 0 Å². The molecule has 3 nitrogen and oxygen atoms in total. The summed E-state index contributed by atoms with van der Waals surface area (Å²) < 4.78 is 0. The first-order chi connectivity index (χ1) is 4.18. The molecule has 0 radical (unpaired) electrons. The molecule has 0 aromatic heterocycles. The average Bonchev–Trinajstić information content (AvgIpc) is 1.67. The molecule has 0 fully saturated rings. The van der Waals surface area contributed by atoms with Crippen LogP contribution in [-0.4, -0.2) is 17.4 Å². The molecule has 3 heteroatoms. The lowest BCUT2D eigenvalue weighted by Crippen LogP contribution is -1.84. The van der Waals surface area contributed by atoms with E-state index in [0.717, 1.165) is 12.8 Å². The van der Waals surface area contributed by atoms with E-state index in [-0.39, 0.29) is 12.3 Å². The lowest BCUT2D eigenvalue weighted by molar-refractivity contribution is -0.123. The first-order valence-electron chi connectivity index (χ1n) is 2.76. The molecule has 0 aliphatic rings. The second kappa shape index (κ2) is 10.2. The summed E-state index contributed by atoms with van der Waals surface area (Å²) in [6.45, 7) is 3.37. The van der Waals surface area contributed by atoms with Crippen molar-refractivity contribution in [1.82, 2.24) is 0 Å². The van der Waals surface area contributed by atoms with Crippen molar-refractivity contribution in [2.45, 2.75) is 26.7 Å². The third-order valence-electron chi connectivity index (χ3n) is 0.602. The quantitative estimate of drug-likeness (QED) is 0.572. The largest absolute Gasteiger partial charge is 0.483 e. The summed E-state index contributed by atoms with van der Waals surface area (Å²) in [5.74, 6) is 0.289. The minimum Gasteiger partial charge on any atom is -0.483 e. The van der Waals surface area contributed by atoms with Crippen molar-refractivity contribution in [3.8, 4) is 0 Å². The highest BCUT2D eigenvalue weighted by Crippen LogP contribution is 1.84. The van der Waals surface area contributed by atoms with Crippen LogP contribution in [0.1, 0.15) is 26.7 Å². The molecule has 0 aliphatic heterocycles. The summed E-state index contributed by atoms with van der Waals surface area (Å²) in [6.07, 6.45) is 1.72. The Hall–Kier alpha value is -0.860. The summed E-state index contributed by atoms with van der Waals surface area (Å²) in [6, 6.07) is 0. The van der Waals surface area contributed by atoms with Gasteiger partial charge < -0.3 is 9.90 Å². The fourth-order valence-corrected chi connectivity index (χ4v) is 0.352. The van der Waals surface area contributed by atoms with Gasteiger partial charge in [0, 0.05) is 6.42 Å². The highest BCUT2D eigenvalue weighted by Gasteiger charge is 1.83. The number of hydrogen-bond acceptors (Lipinski definition) is 2. The normalized spacial score (nSPS) is 6.89. The van der Waals surface area contributed by atoms with Crippen LogP contribution in [0.15, 0.2) is 0 Å². The Kier molecular flexibility index (Phi) is 12.5. The van der Waals surface area contributed by atoms with Crippen molar-refractivity contribution in [3.63, 3.8) is 0 Å². The predicted octanol–water partition coefficient (Wildman–Crippen LogP) is 1.08. The number of hydrogen-bond donors (Lipinski definition) is 1. The van der Waals surface area contributed by atoms with Crippen molar-refractivity contribution in [2.75, 3.05) is 0 Å². The maximum absolute atomic E-state index is 10.0. The van der Waals surface area contributed by atoms with Crippen molar-refractivity contribution >= 4 is 12.3 Å². The molecular weight excluding hydrogens is 120 g/mol. The lowest BCUT2D eigenvalue weighted by atomic mass is 10.3. The molecular formula is C6H12O3. The predicted molar refractivity (Wildman–Crippen MR) is 34.3 cm³/mol. The molecule has 0 aliphatic carbocycles. The average molecular weight is 132 g/mol. The van der Waals surface area contributed by atoms with Gasteiger partial charge in [0.2, 0.25) is 0 Å². The van der Waals surface area contributed by atoms with Crippen LogP contribution in [0.3, 0.4) is 0 Å². The van der Waals surface area contributed by atoms with Gasteiger partial charge in [-0.3, -0.25) is 4.79 Å². The highest BCUT2D eigenvalue weighted by atomic mass is 16.3. The van der Waals surface area contributed by atoms with Crippen LogP contribution < -0.4 is 0 Å². The fraction of sp³-hybridized carbons (Fsp3) is 0.667. The first-order valence-corrected chi connectivity index (χ1v) is 2.76. The number of carbonyl (C=O) groups is 2. The summed E-state index contributed by atoms with van der Waals surface area (Å²) >= 11 is 0. The van der Waals surface area contributed by atoms with Gasteiger partial charge in [0.1, 0.15) is 5.78 Å². The van der Waals surface area contributed by atoms with Crippen molar-refractivity contribution < 1.29 is 14.7 Å². The SMILES string of the molecule is CCCC(C)=O.O=CO. The first kappa shape index (κ1) is 11.0. The molecule has 0 rings (SSSR count). The van der Waals surface area contributed by atoms with E-state index in [9.17, 15) is 4.79 Å². The highest BCUT2D eigenvalue weighted by molar-refractivity contribution is 5.75. The third kappa shape index (κ3) is 41.2. The molecule has 0 bridgehead atoms. The standard InChI is InChI=1S/C5H10O.CH2O2/c1-3-4-5(2)6;2-1-3/h3-4H2,1-2H3;1H,(H,2,3). The molecule has 1 N–H and O–H groups in total. The number of Topliss-reactive ketones (excluding diaryl/α,β-unsaturated/α-hetero) is 1.